The SMILES string of the molecule is Cc1nn(-c2ccccn2)c(C)c1CCNC(=O)COc1ccc(Cl)cc1. The number of carbonyl (C=O) groups excluding carboxylic acids is 1. The minimum absolute atomic E-state index is 0.0349. The van der Waals surface area contributed by atoms with Crippen LogP contribution in [0.1, 0.15) is 17.0 Å². The summed E-state index contributed by atoms with van der Waals surface area (Å²) < 4.78 is 7.27. The Balaban J connectivity index is 1.52. The molecular formula is C20H21ClN4O2. The highest BCUT2D eigenvalue weighted by Crippen LogP contribution is 2.17. The van der Waals surface area contributed by atoms with Crippen molar-refractivity contribution in [1.29, 1.82) is 0 Å². The highest BCUT2D eigenvalue weighted by atomic mass is 35.5. The molecule has 27 heavy (non-hydrogen) atoms. The highest BCUT2D eigenvalue weighted by molar-refractivity contribution is 6.30. The highest BCUT2D eigenvalue weighted by Gasteiger charge is 2.13. The van der Waals surface area contributed by atoms with Crippen LogP contribution in [0, 0.1) is 13.8 Å². The standard InChI is InChI=1S/C20H21ClN4O2/c1-14-18(15(2)25(24-14)19-5-3-4-11-22-19)10-12-23-20(26)13-27-17-8-6-16(21)7-9-17/h3-9,11H,10,12-13H2,1-2H3,(H,23,26). The lowest BCUT2D eigenvalue weighted by Crippen LogP contribution is -2.30. The number of aryl methyl sites for hydroxylation is 1. The maximum absolute atomic E-state index is 12.0. The first-order valence-corrected chi connectivity index (χ1v) is 9.04. The molecule has 1 aromatic carbocycles. The topological polar surface area (TPSA) is 69.0 Å². The molecule has 3 aromatic rings. The van der Waals surface area contributed by atoms with Crippen LogP contribution < -0.4 is 10.1 Å². The van der Waals surface area contributed by atoms with Crippen molar-refractivity contribution in [2.45, 2.75) is 20.3 Å². The van der Waals surface area contributed by atoms with Crippen LogP contribution in [0.25, 0.3) is 5.82 Å². The molecule has 0 atom stereocenters. The molecule has 2 aromatic heterocycles. The lowest BCUT2D eigenvalue weighted by Gasteiger charge is -2.08. The van der Waals surface area contributed by atoms with Crippen LogP contribution >= 0.6 is 11.6 Å². The second-order valence-electron chi connectivity index (χ2n) is 6.09. The number of pyridine rings is 1. The van der Waals surface area contributed by atoms with Gasteiger partial charge in [-0.25, -0.2) is 9.67 Å². The summed E-state index contributed by atoms with van der Waals surface area (Å²) in [4.78, 5) is 16.3. The van der Waals surface area contributed by atoms with E-state index in [1.54, 1.807) is 30.5 Å². The largest absolute Gasteiger partial charge is 0.484 e. The third kappa shape index (κ3) is 4.86. The molecule has 3 rings (SSSR count). The van der Waals surface area contributed by atoms with Gasteiger partial charge in [-0.2, -0.15) is 5.10 Å². The number of aromatic nitrogens is 3. The zero-order valence-electron chi connectivity index (χ0n) is 15.3. The van der Waals surface area contributed by atoms with E-state index in [0.717, 1.165) is 22.8 Å². The van der Waals surface area contributed by atoms with Crippen molar-refractivity contribution < 1.29 is 9.53 Å². The number of rotatable bonds is 7. The number of halogens is 1. The predicted molar refractivity (Wildman–Crippen MR) is 104 cm³/mol. The molecule has 0 radical (unpaired) electrons. The molecule has 2 heterocycles. The monoisotopic (exact) mass is 384 g/mol. The Morgan fingerprint density at radius 1 is 1.19 bits per heavy atom. The Labute approximate surface area is 163 Å². The summed E-state index contributed by atoms with van der Waals surface area (Å²) in [5.74, 6) is 1.22. The number of benzene rings is 1. The fourth-order valence-electron chi connectivity index (χ4n) is 2.80. The summed E-state index contributed by atoms with van der Waals surface area (Å²) in [6, 6.07) is 12.6. The van der Waals surface area contributed by atoms with Crippen molar-refractivity contribution in [3.05, 3.63) is 70.6 Å². The maximum Gasteiger partial charge on any atom is 0.257 e. The molecule has 0 saturated carbocycles. The lowest BCUT2D eigenvalue weighted by molar-refractivity contribution is -0.123. The fourth-order valence-corrected chi connectivity index (χ4v) is 2.92. The van der Waals surface area contributed by atoms with E-state index in [-0.39, 0.29) is 12.5 Å². The zero-order valence-corrected chi connectivity index (χ0v) is 16.0. The molecule has 0 unspecified atom stereocenters. The molecule has 0 aliphatic heterocycles. The van der Waals surface area contributed by atoms with E-state index in [9.17, 15) is 4.79 Å². The zero-order chi connectivity index (χ0) is 19.2. The van der Waals surface area contributed by atoms with Crippen molar-refractivity contribution in [1.82, 2.24) is 20.1 Å². The smallest absolute Gasteiger partial charge is 0.257 e. The first-order valence-electron chi connectivity index (χ1n) is 8.66. The van der Waals surface area contributed by atoms with Gasteiger partial charge in [-0.15, -0.1) is 0 Å². The van der Waals surface area contributed by atoms with Gasteiger partial charge in [-0.05, 0) is 62.2 Å². The first-order chi connectivity index (χ1) is 13.0. The van der Waals surface area contributed by atoms with Gasteiger partial charge >= 0.3 is 0 Å². The van der Waals surface area contributed by atoms with E-state index in [1.807, 2.05) is 36.7 Å². The van der Waals surface area contributed by atoms with Crippen molar-refractivity contribution in [3.63, 3.8) is 0 Å². The van der Waals surface area contributed by atoms with Crippen LogP contribution in [-0.4, -0.2) is 33.8 Å². The Kier molecular flexibility index (Phi) is 6.08. The number of hydrogen-bond acceptors (Lipinski definition) is 4. The van der Waals surface area contributed by atoms with Crippen molar-refractivity contribution >= 4 is 17.5 Å². The van der Waals surface area contributed by atoms with Gasteiger partial charge in [0.05, 0.1) is 5.69 Å². The molecule has 0 saturated heterocycles. The van der Waals surface area contributed by atoms with Crippen molar-refractivity contribution in [2.75, 3.05) is 13.2 Å². The molecule has 0 bridgehead atoms. The Hall–Kier alpha value is -2.86. The van der Waals surface area contributed by atoms with Crippen LogP contribution in [0.5, 0.6) is 5.75 Å². The third-order valence-corrected chi connectivity index (χ3v) is 4.44. The number of amides is 1. The van der Waals surface area contributed by atoms with Gasteiger partial charge in [0.2, 0.25) is 0 Å². The van der Waals surface area contributed by atoms with E-state index in [0.29, 0.717) is 23.7 Å². The summed E-state index contributed by atoms with van der Waals surface area (Å²) in [5.41, 5.74) is 3.07. The van der Waals surface area contributed by atoms with Crippen LogP contribution in [-0.2, 0) is 11.2 Å². The summed E-state index contributed by atoms with van der Waals surface area (Å²) in [7, 11) is 0. The summed E-state index contributed by atoms with van der Waals surface area (Å²) in [6.45, 7) is 4.45. The summed E-state index contributed by atoms with van der Waals surface area (Å²) in [5, 5.41) is 8.07. The fraction of sp³-hybridized carbons (Fsp3) is 0.250. The molecular weight excluding hydrogens is 364 g/mol. The molecule has 1 amide bonds. The average Bonchev–Trinajstić information content (AvgIpc) is 2.96. The molecule has 140 valence electrons. The van der Waals surface area contributed by atoms with Crippen LogP contribution in [0.15, 0.2) is 48.7 Å². The van der Waals surface area contributed by atoms with E-state index >= 15 is 0 Å². The van der Waals surface area contributed by atoms with Gasteiger partial charge in [0.1, 0.15) is 5.75 Å². The molecule has 0 aliphatic rings. The van der Waals surface area contributed by atoms with Gasteiger partial charge < -0.3 is 10.1 Å². The minimum Gasteiger partial charge on any atom is -0.484 e. The minimum atomic E-state index is -0.169. The normalized spacial score (nSPS) is 10.6. The van der Waals surface area contributed by atoms with E-state index in [1.165, 1.54) is 0 Å². The second-order valence-corrected chi connectivity index (χ2v) is 6.53. The summed E-state index contributed by atoms with van der Waals surface area (Å²) >= 11 is 5.82. The number of nitrogens with one attached hydrogen (secondary N) is 1. The number of nitrogens with zero attached hydrogens (tertiary/aromatic N) is 3. The summed E-state index contributed by atoms with van der Waals surface area (Å²) in [6.07, 6.45) is 2.43. The Bertz CT molecular complexity index is 908. The number of carbonyl (C=O) groups is 1. The number of hydrogen-bond donors (Lipinski definition) is 1. The number of ether oxygens (including phenoxy) is 1. The molecule has 0 fully saturated rings. The third-order valence-electron chi connectivity index (χ3n) is 4.19. The van der Waals surface area contributed by atoms with Crippen LogP contribution in [0.3, 0.4) is 0 Å². The molecule has 0 aliphatic carbocycles. The Morgan fingerprint density at radius 3 is 2.67 bits per heavy atom. The van der Waals surface area contributed by atoms with E-state index < -0.39 is 0 Å². The first kappa shape index (κ1) is 18.9. The average molecular weight is 385 g/mol. The van der Waals surface area contributed by atoms with Gasteiger partial charge in [-0.3, -0.25) is 4.79 Å². The second kappa shape index (κ2) is 8.68. The van der Waals surface area contributed by atoms with E-state index in [4.69, 9.17) is 16.3 Å². The maximum atomic E-state index is 12.0. The van der Waals surface area contributed by atoms with Crippen LogP contribution in [0.4, 0.5) is 0 Å². The van der Waals surface area contributed by atoms with Gasteiger partial charge in [0.15, 0.2) is 12.4 Å². The van der Waals surface area contributed by atoms with Crippen LogP contribution in [0.2, 0.25) is 5.02 Å². The molecule has 1 N–H and O–H groups in total. The molecule has 0 spiro atoms. The van der Waals surface area contributed by atoms with Gasteiger partial charge in [0, 0.05) is 23.5 Å². The van der Waals surface area contributed by atoms with Crippen molar-refractivity contribution in [2.24, 2.45) is 0 Å². The van der Waals surface area contributed by atoms with Gasteiger partial charge in [0.25, 0.3) is 5.91 Å². The van der Waals surface area contributed by atoms with E-state index in [2.05, 4.69) is 15.4 Å². The van der Waals surface area contributed by atoms with Gasteiger partial charge in [-0.1, -0.05) is 17.7 Å². The Morgan fingerprint density at radius 2 is 1.96 bits per heavy atom. The lowest BCUT2D eigenvalue weighted by atomic mass is 10.1. The molecule has 6 nitrogen and oxygen atoms in total. The predicted octanol–water partition coefficient (Wildman–Crippen LogP) is 3.28. The van der Waals surface area contributed by atoms with Crippen molar-refractivity contribution in [3.8, 4) is 11.6 Å². The quantitative estimate of drug-likeness (QED) is 0.678. The molecule has 7 heteroatoms.